The Balaban J connectivity index is 1.57. The first-order valence-corrected chi connectivity index (χ1v) is 7.87. The number of amides is 2. The highest BCUT2D eigenvalue weighted by Gasteiger charge is 2.04. The summed E-state index contributed by atoms with van der Waals surface area (Å²) in [5.41, 5.74) is 7.31. The largest absolute Gasteiger partial charge is 0.273 e. The van der Waals surface area contributed by atoms with Gasteiger partial charge in [0, 0.05) is 23.2 Å². The molecule has 0 saturated heterocycles. The molecule has 0 atom stereocenters. The standard InChI is InChI=1S/C20H17N3O2/c24-18(22-23-19(25)14-15-6-2-1-3-7-15)12-11-17-9-4-8-16-10-5-13-21-20(16)17/h1-13H,14H2,(H,22,24)(H,23,25)/b12-11+. The summed E-state index contributed by atoms with van der Waals surface area (Å²) in [5, 5.41) is 1.00. The molecule has 0 fully saturated rings. The second-order valence-corrected chi connectivity index (χ2v) is 5.46. The number of fused-ring (bicyclic) bond motifs is 1. The number of benzene rings is 2. The second-order valence-electron chi connectivity index (χ2n) is 5.46. The Morgan fingerprint density at radius 3 is 2.56 bits per heavy atom. The highest BCUT2D eigenvalue weighted by atomic mass is 16.2. The number of para-hydroxylation sites is 1. The topological polar surface area (TPSA) is 71.1 Å². The van der Waals surface area contributed by atoms with E-state index in [1.165, 1.54) is 6.08 Å². The molecule has 124 valence electrons. The SMILES string of the molecule is O=C(/C=C/c1cccc2cccnc12)NNC(=O)Cc1ccccc1. The Morgan fingerprint density at radius 1 is 0.920 bits per heavy atom. The molecule has 3 aromatic rings. The summed E-state index contributed by atoms with van der Waals surface area (Å²) in [5.74, 6) is -0.686. The van der Waals surface area contributed by atoms with Crippen LogP contribution < -0.4 is 10.9 Å². The minimum Gasteiger partial charge on any atom is -0.273 e. The van der Waals surface area contributed by atoms with Crippen molar-refractivity contribution in [3.63, 3.8) is 0 Å². The molecule has 1 heterocycles. The molecule has 2 N–H and O–H groups in total. The van der Waals surface area contributed by atoms with Gasteiger partial charge in [-0.05, 0) is 17.7 Å². The fraction of sp³-hybridized carbons (Fsp3) is 0.0500. The van der Waals surface area contributed by atoms with Crippen LogP contribution in [-0.4, -0.2) is 16.8 Å². The van der Waals surface area contributed by atoms with E-state index >= 15 is 0 Å². The molecule has 5 heteroatoms. The first-order chi connectivity index (χ1) is 12.2. The molecule has 0 aliphatic carbocycles. The van der Waals surface area contributed by atoms with Crippen LogP contribution in [0.25, 0.3) is 17.0 Å². The highest BCUT2D eigenvalue weighted by molar-refractivity contribution is 5.96. The molecule has 0 bridgehead atoms. The van der Waals surface area contributed by atoms with Crippen LogP contribution in [0.2, 0.25) is 0 Å². The Hall–Kier alpha value is -3.47. The molecule has 1 aromatic heterocycles. The van der Waals surface area contributed by atoms with Crippen molar-refractivity contribution in [2.75, 3.05) is 0 Å². The predicted molar refractivity (Wildman–Crippen MR) is 97.2 cm³/mol. The maximum Gasteiger partial charge on any atom is 0.262 e. The zero-order valence-electron chi connectivity index (χ0n) is 13.5. The van der Waals surface area contributed by atoms with Gasteiger partial charge in [0.1, 0.15) is 0 Å². The number of aromatic nitrogens is 1. The van der Waals surface area contributed by atoms with Gasteiger partial charge in [-0.25, -0.2) is 0 Å². The van der Waals surface area contributed by atoms with Crippen LogP contribution in [0, 0.1) is 0 Å². The molecular formula is C20H17N3O2. The molecule has 0 aliphatic heterocycles. The van der Waals surface area contributed by atoms with Crippen LogP contribution in [0.3, 0.4) is 0 Å². The predicted octanol–water partition coefficient (Wildman–Crippen LogP) is 2.64. The van der Waals surface area contributed by atoms with E-state index in [0.29, 0.717) is 0 Å². The Labute approximate surface area is 145 Å². The summed E-state index contributed by atoms with van der Waals surface area (Å²) in [6, 6.07) is 18.9. The summed E-state index contributed by atoms with van der Waals surface area (Å²) >= 11 is 0. The summed E-state index contributed by atoms with van der Waals surface area (Å²) in [6.45, 7) is 0. The molecule has 0 saturated carbocycles. The van der Waals surface area contributed by atoms with Crippen molar-refractivity contribution in [3.8, 4) is 0 Å². The highest BCUT2D eigenvalue weighted by Crippen LogP contribution is 2.16. The van der Waals surface area contributed by atoms with Crippen molar-refractivity contribution in [2.45, 2.75) is 6.42 Å². The van der Waals surface area contributed by atoms with Crippen LogP contribution in [0.15, 0.2) is 72.9 Å². The van der Waals surface area contributed by atoms with E-state index in [2.05, 4.69) is 15.8 Å². The average Bonchev–Trinajstić information content (AvgIpc) is 2.65. The third kappa shape index (κ3) is 4.51. The first-order valence-electron chi connectivity index (χ1n) is 7.87. The maximum atomic E-state index is 11.9. The van der Waals surface area contributed by atoms with Gasteiger partial charge < -0.3 is 0 Å². The zero-order valence-corrected chi connectivity index (χ0v) is 13.5. The molecule has 0 aliphatic rings. The minimum absolute atomic E-state index is 0.206. The van der Waals surface area contributed by atoms with E-state index in [0.717, 1.165) is 22.0 Å². The monoisotopic (exact) mass is 331 g/mol. The number of pyridine rings is 1. The normalized spacial score (nSPS) is 10.7. The zero-order chi connectivity index (χ0) is 17.5. The van der Waals surface area contributed by atoms with Crippen molar-refractivity contribution in [2.24, 2.45) is 0 Å². The number of hydrazine groups is 1. The Bertz CT molecular complexity index is 915. The lowest BCUT2D eigenvalue weighted by atomic mass is 10.1. The number of rotatable bonds is 4. The second kappa shape index (κ2) is 7.88. The van der Waals surface area contributed by atoms with Gasteiger partial charge in [-0.2, -0.15) is 0 Å². The number of hydrogen-bond donors (Lipinski definition) is 2. The van der Waals surface area contributed by atoms with Crippen molar-refractivity contribution in [1.29, 1.82) is 0 Å². The molecule has 0 unspecified atom stereocenters. The molecule has 25 heavy (non-hydrogen) atoms. The molecular weight excluding hydrogens is 314 g/mol. The molecule has 0 spiro atoms. The smallest absolute Gasteiger partial charge is 0.262 e. The van der Waals surface area contributed by atoms with Crippen molar-refractivity contribution in [1.82, 2.24) is 15.8 Å². The number of nitrogens with one attached hydrogen (secondary N) is 2. The van der Waals surface area contributed by atoms with Crippen molar-refractivity contribution < 1.29 is 9.59 Å². The quantitative estimate of drug-likeness (QED) is 0.570. The molecule has 2 amide bonds. The van der Waals surface area contributed by atoms with Gasteiger partial charge in [-0.3, -0.25) is 25.4 Å². The molecule has 2 aromatic carbocycles. The van der Waals surface area contributed by atoms with Gasteiger partial charge in [-0.15, -0.1) is 0 Å². The first kappa shape index (κ1) is 16.4. The average molecular weight is 331 g/mol. The minimum atomic E-state index is -0.408. The van der Waals surface area contributed by atoms with Gasteiger partial charge in [-0.1, -0.05) is 54.6 Å². The number of hydrogen-bond acceptors (Lipinski definition) is 3. The van der Waals surface area contributed by atoms with Gasteiger partial charge >= 0.3 is 0 Å². The van der Waals surface area contributed by atoms with Crippen LogP contribution in [0.4, 0.5) is 0 Å². The molecule has 3 rings (SSSR count). The lowest BCUT2D eigenvalue weighted by molar-refractivity contribution is -0.126. The lowest BCUT2D eigenvalue weighted by Gasteiger charge is -2.05. The third-order valence-electron chi connectivity index (χ3n) is 3.61. The van der Waals surface area contributed by atoms with Crippen molar-refractivity contribution >= 4 is 28.8 Å². The number of carbonyl (C=O) groups excluding carboxylic acids is 2. The Kier molecular flexibility index (Phi) is 5.16. The van der Waals surface area contributed by atoms with Gasteiger partial charge in [0.15, 0.2) is 0 Å². The maximum absolute atomic E-state index is 11.9. The summed E-state index contributed by atoms with van der Waals surface area (Å²) in [7, 11) is 0. The summed E-state index contributed by atoms with van der Waals surface area (Å²) in [6.07, 6.45) is 4.96. The molecule has 5 nitrogen and oxygen atoms in total. The lowest BCUT2D eigenvalue weighted by Crippen LogP contribution is -2.41. The van der Waals surface area contributed by atoms with Crippen LogP contribution >= 0.6 is 0 Å². The fourth-order valence-electron chi connectivity index (χ4n) is 2.43. The van der Waals surface area contributed by atoms with Gasteiger partial charge in [0.05, 0.1) is 11.9 Å². The number of carbonyl (C=O) groups is 2. The van der Waals surface area contributed by atoms with E-state index in [-0.39, 0.29) is 12.3 Å². The molecule has 0 radical (unpaired) electrons. The van der Waals surface area contributed by atoms with E-state index in [1.807, 2.05) is 60.7 Å². The van der Waals surface area contributed by atoms with E-state index in [4.69, 9.17) is 0 Å². The summed E-state index contributed by atoms with van der Waals surface area (Å²) in [4.78, 5) is 28.0. The van der Waals surface area contributed by atoms with Crippen molar-refractivity contribution in [3.05, 3.63) is 84.1 Å². The van der Waals surface area contributed by atoms with E-state index < -0.39 is 5.91 Å². The van der Waals surface area contributed by atoms with E-state index in [1.54, 1.807) is 12.3 Å². The van der Waals surface area contributed by atoms with Crippen LogP contribution in [-0.2, 0) is 16.0 Å². The van der Waals surface area contributed by atoms with Gasteiger partial charge in [0.25, 0.3) is 5.91 Å². The Morgan fingerprint density at radius 2 is 1.72 bits per heavy atom. The van der Waals surface area contributed by atoms with E-state index in [9.17, 15) is 9.59 Å². The van der Waals surface area contributed by atoms with Gasteiger partial charge in [0.2, 0.25) is 5.91 Å². The van der Waals surface area contributed by atoms with Crippen LogP contribution in [0.1, 0.15) is 11.1 Å². The van der Waals surface area contributed by atoms with Crippen LogP contribution in [0.5, 0.6) is 0 Å². The third-order valence-corrected chi connectivity index (χ3v) is 3.61. The number of nitrogens with zero attached hydrogens (tertiary/aromatic N) is 1. The fourth-order valence-corrected chi connectivity index (χ4v) is 2.43. The summed E-state index contributed by atoms with van der Waals surface area (Å²) < 4.78 is 0.